The number of ketones is 1. The lowest BCUT2D eigenvalue weighted by Gasteiger charge is -2.39. The van der Waals surface area contributed by atoms with Crippen LogP contribution in [0.2, 0.25) is 0 Å². The molecule has 0 saturated heterocycles. The summed E-state index contributed by atoms with van der Waals surface area (Å²) in [5.74, 6) is -0.0406. The molecule has 2 unspecified atom stereocenters. The standard InChI is InChI=1S/C25H25N3O2/c1-15(29)16-9-11-17(12-10-16)26-22(30)25-14-13-24(4,23(25,2)3)20-21(25)28-19-8-6-5-7-18(19)27-20/h5-12H,13-14H2,1-4H3,(H,26,30). The number of hydrogen-bond donors (Lipinski definition) is 1. The molecular formula is C25H25N3O2. The van der Waals surface area contributed by atoms with E-state index in [1.165, 1.54) is 6.92 Å². The normalized spacial score (nSPS) is 25.9. The molecule has 1 saturated carbocycles. The first-order valence-electron chi connectivity index (χ1n) is 10.4. The van der Waals surface area contributed by atoms with Gasteiger partial charge in [0, 0.05) is 16.7 Å². The first kappa shape index (κ1) is 18.9. The molecule has 2 aliphatic carbocycles. The first-order chi connectivity index (χ1) is 14.2. The van der Waals surface area contributed by atoms with Gasteiger partial charge in [-0.2, -0.15) is 0 Å². The van der Waals surface area contributed by atoms with Crippen LogP contribution < -0.4 is 5.32 Å². The fourth-order valence-electron chi connectivity index (χ4n) is 5.58. The van der Waals surface area contributed by atoms with Gasteiger partial charge in [0.25, 0.3) is 0 Å². The van der Waals surface area contributed by atoms with Crippen molar-refractivity contribution in [2.45, 2.75) is 51.4 Å². The third kappa shape index (κ3) is 2.18. The van der Waals surface area contributed by atoms with Crippen LogP contribution in [0.15, 0.2) is 48.5 Å². The molecule has 2 aliphatic rings. The second-order valence-corrected chi connectivity index (χ2v) is 9.36. The highest BCUT2D eigenvalue weighted by Gasteiger charge is 2.73. The summed E-state index contributed by atoms with van der Waals surface area (Å²) in [4.78, 5) is 35.4. The van der Waals surface area contributed by atoms with Gasteiger partial charge in [-0.15, -0.1) is 0 Å². The lowest BCUT2D eigenvalue weighted by molar-refractivity contribution is -0.125. The number of carbonyl (C=O) groups excluding carboxylic acids is 2. The van der Waals surface area contributed by atoms with Gasteiger partial charge < -0.3 is 5.32 Å². The minimum Gasteiger partial charge on any atom is -0.325 e. The number of benzene rings is 2. The number of fused-ring (bicyclic) bond motifs is 6. The van der Waals surface area contributed by atoms with Crippen molar-refractivity contribution < 1.29 is 9.59 Å². The number of nitrogens with one attached hydrogen (secondary N) is 1. The molecule has 2 bridgehead atoms. The van der Waals surface area contributed by atoms with Crippen LogP contribution in [0.5, 0.6) is 0 Å². The maximum atomic E-state index is 13.8. The number of hydrogen-bond acceptors (Lipinski definition) is 4. The number of amides is 1. The Bertz CT molecular complexity index is 1210. The lowest BCUT2D eigenvalue weighted by Crippen LogP contribution is -2.48. The van der Waals surface area contributed by atoms with Crippen LogP contribution in [0, 0.1) is 5.41 Å². The summed E-state index contributed by atoms with van der Waals surface area (Å²) in [6.07, 6.45) is 1.64. The highest BCUT2D eigenvalue weighted by molar-refractivity contribution is 6.02. The van der Waals surface area contributed by atoms with Crippen molar-refractivity contribution >= 4 is 28.4 Å². The predicted octanol–water partition coefficient (Wildman–Crippen LogP) is 4.80. The van der Waals surface area contributed by atoms with Crippen LogP contribution in [0.4, 0.5) is 5.69 Å². The number of rotatable bonds is 3. The van der Waals surface area contributed by atoms with Gasteiger partial charge in [-0.05, 0) is 61.6 Å². The van der Waals surface area contributed by atoms with Crippen LogP contribution in [0.25, 0.3) is 11.0 Å². The van der Waals surface area contributed by atoms with Crippen molar-refractivity contribution in [2.75, 3.05) is 5.32 Å². The fraction of sp³-hybridized carbons (Fsp3) is 0.360. The number of nitrogens with zero attached hydrogens (tertiary/aromatic N) is 2. The summed E-state index contributed by atoms with van der Waals surface area (Å²) in [7, 11) is 0. The molecule has 5 heteroatoms. The Balaban J connectivity index is 1.63. The number of aromatic nitrogens is 2. The number of Topliss-reactive ketones (excluding diaryl/α,β-unsaturated/α-hetero) is 1. The van der Waals surface area contributed by atoms with Crippen LogP contribution in [-0.4, -0.2) is 21.7 Å². The Kier molecular flexibility index (Phi) is 3.77. The van der Waals surface area contributed by atoms with E-state index in [0.717, 1.165) is 35.3 Å². The number of para-hydroxylation sites is 2. The Morgan fingerprint density at radius 2 is 1.47 bits per heavy atom. The molecule has 1 fully saturated rings. The van der Waals surface area contributed by atoms with Crippen molar-refractivity contribution in [3.63, 3.8) is 0 Å². The second-order valence-electron chi connectivity index (χ2n) is 9.36. The van der Waals surface area contributed by atoms with Crippen molar-refractivity contribution in [1.82, 2.24) is 9.97 Å². The molecule has 30 heavy (non-hydrogen) atoms. The molecule has 5 nitrogen and oxygen atoms in total. The minimum atomic E-state index is -0.743. The molecule has 5 rings (SSSR count). The average Bonchev–Trinajstić information content (AvgIpc) is 3.02. The maximum Gasteiger partial charge on any atom is 0.237 e. The minimum absolute atomic E-state index is 0.00559. The summed E-state index contributed by atoms with van der Waals surface area (Å²) >= 11 is 0. The quantitative estimate of drug-likeness (QED) is 0.642. The third-order valence-corrected chi connectivity index (χ3v) is 7.88. The molecular weight excluding hydrogens is 374 g/mol. The monoisotopic (exact) mass is 399 g/mol. The summed E-state index contributed by atoms with van der Waals surface area (Å²) in [5.41, 5.74) is 3.50. The van der Waals surface area contributed by atoms with Gasteiger partial charge in [-0.1, -0.05) is 32.9 Å². The summed E-state index contributed by atoms with van der Waals surface area (Å²) in [6, 6.07) is 14.9. The largest absolute Gasteiger partial charge is 0.325 e. The summed E-state index contributed by atoms with van der Waals surface area (Å²) in [6.45, 7) is 8.10. The van der Waals surface area contributed by atoms with Gasteiger partial charge in [0.15, 0.2) is 5.78 Å². The molecule has 152 valence electrons. The number of anilines is 1. The topological polar surface area (TPSA) is 72.0 Å². The van der Waals surface area contributed by atoms with E-state index in [1.807, 2.05) is 24.3 Å². The van der Waals surface area contributed by atoms with E-state index in [4.69, 9.17) is 9.97 Å². The zero-order valence-corrected chi connectivity index (χ0v) is 17.7. The van der Waals surface area contributed by atoms with E-state index >= 15 is 0 Å². The third-order valence-electron chi connectivity index (χ3n) is 7.88. The Labute approximate surface area is 175 Å². The highest BCUT2D eigenvalue weighted by Crippen LogP contribution is 2.70. The van der Waals surface area contributed by atoms with E-state index in [9.17, 15) is 9.59 Å². The van der Waals surface area contributed by atoms with Gasteiger partial charge >= 0.3 is 0 Å². The zero-order chi connectivity index (χ0) is 21.3. The Morgan fingerprint density at radius 1 is 0.867 bits per heavy atom. The van der Waals surface area contributed by atoms with Gasteiger partial charge in [0.1, 0.15) is 0 Å². The summed E-state index contributed by atoms with van der Waals surface area (Å²) in [5, 5.41) is 3.11. The predicted molar refractivity (Wildman–Crippen MR) is 117 cm³/mol. The Morgan fingerprint density at radius 3 is 2.07 bits per heavy atom. The first-order valence-corrected chi connectivity index (χ1v) is 10.4. The van der Waals surface area contributed by atoms with Gasteiger partial charge in [-0.3, -0.25) is 9.59 Å². The van der Waals surface area contributed by atoms with E-state index in [-0.39, 0.29) is 22.5 Å². The van der Waals surface area contributed by atoms with E-state index in [1.54, 1.807) is 24.3 Å². The summed E-state index contributed by atoms with van der Waals surface area (Å²) < 4.78 is 0. The van der Waals surface area contributed by atoms with Crippen LogP contribution in [-0.2, 0) is 15.6 Å². The van der Waals surface area contributed by atoms with Crippen LogP contribution >= 0.6 is 0 Å². The van der Waals surface area contributed by atoms with Crippen molar-refractivity contribution in [3.8, 4) is 0 Å². The average molecular weight is 399 g/mol. The van der Waals surface area contributed by atoms with Crippen molar-refractivity contribution in [3.05, 3.63) is 65.5 Å². The van der Waals surface area contributed by atoms with E-state index in [2.05, 4.69) is 26.1 Å². The van der Waals surface area contributed by atoms with Gasteiger partial charge in [0.2, 0.25) is 5.91 Å². The molecule has 3 aromatic rings. The Hall–Kier alpha value is -3.08. The fourth-order valence-corrected chi connectivity index (χ4v) is 5.58. The molecule has 0 spiro atoms. The lowest BCUT2D eigenvalue weighted by atomic mass is 9.63. The van der Waals surface area contributed by atoms with E-state index in [0.29, 0.717) is 11.3 Å². The van der Waals surface area contributed by atoms with Crippen molar-refractivity contribution in [1.29, 1.82) is 0 Å². The van der Waals surface area contributed by atoms with E-state index < -0.39 is 5.41 Å². The smallest absolute Gasteiger partial charge is 0.237 e. The molecule has 1 N–H and O–H groups in total. The SMILES string of the molecule is CC(=O)c1ccc(NC(=O)C23CCC(C)(c4nc5ccccc5nc42)C3(C)C)cc1. The molecule has 0 radical (unpaired) electrons. The molecule has 1 heterocycles. The molecule has 1 amide bonds. The molecule has 2 atom stereocenters. The molecule has 1 aromatic heterocycles. The second kappa shape index (κ2) is 5.97. The maximum absolute atomic E-state index is 13.8. The molecule has 0 aliphatic heterocycles. The van der Waals surface area contributed by atoms with Gasteiger partial charge in [0.05, 0.1) is 27.8 Å². The van der Waals surface area contributed by atoms with Crippen LogP contribution in [0.3, 0.4) is 0 Å². The van der Waals surface area contributed by atoms with Gasteiger partial charge in [-0.25, -0.2) is 9.97 Å². The van der Waals surface area contributed by atoms with Crippen molar-refractivity contribution in [2.24, 2.45) is 5.41 Å². The van der Waals surface area contributed by atoms with Crippen LogP contribution in [0.1, 0.15) is 62.3 Å². The zero-order valence-electron chi connectivity index (χ0n) is 17.7. The number of carbonyl (C=O) groups is 2. The molecule has 2 aromatic carbocycles. The highest BCUT2D eigenvalue weighted by atomic mass is 16.2.